The van der Waals surface area contributed by atoms with Gasteiger partial charge in [0.05, 0.1) is 0 Å². The Kier molecular flexibility index (Phi) is 5.43. The van der Waals surface area contributed by atoms with E-state index in [0.29, 0.717) is 18.7 Å². The lowest BCUT2D eigenvalue weighted by atomic mass is 10.1. The maximum atomic E-state index is 12.2. The standard InChI is InChI=1S/C14H20N2O/c1-3-9-16(10-4-2)14(17)13-7-5-12(11-15)6-8-13/h3,5-8H,1,4,9-11,15H2,2H3. The lowest BCUT2D eigenvalue weighted by Gasteiger charge is -2.20. The number of benzene rings is 1. The molecular formula is C14H20N2O. The first kappa shape index (κ1) is 13.5. The van der Waals surface area contributed by atoms with Crippen LogP contribution in [0.1, 0.15) is 29.3 Å². The largest absolute Gasteiger partial charge is 0.335 e. The number of rotatable bonds is 6. The van der Waals surface area contributed by atoms with Crippen molar-refractivity contribution in [3.05, 3.63) is 48.0 Å². The predicted octanol–water partition coefficient (Wildman–Crippen LogP) is 2.18. The molecule has 0 bridgehead atoms. The number of nitrogens with zero attached hydrogens (tertiary/aromatic N) is 1. The maximum Gasteiger partial charge on any atom is 0.254 e. The predicted molar refractivity (Wildman–Crippen MR) is 70.7 cm³/mol. The van der Waals surface area contributed by atoms with Gasteiger partial charge in [0.2, 0.25) is 0 Å². The fraction of sp³-hybridized carbons (Fsp3) is 0.357. The Balaban J connectivity index is 2.80. The Bertz CT molecular complexity index is 370. The second kappa shape index (κ2) is 6.86. The second-order valence-electron chi connectivity index (χ2n) is 3.94. The summed E-state index contributed by atoms with van der Waals surface area (Å²) in [5.41, 5.74) is 7.26. The van der Waals surface area contributed by atoms with Crippen LogP contribution in [0.2, 0.25) is 0 Å². The Morgan fingerprint density at radius 3 is 2.53 bits per heavy atom. The summed E-state index contributed by atoms with van der Waals surface area (Å²) < 4.78 is 0. The third kappa shape index (κ3) is 3.71. The number of nitrogens with two attached hydrogens (primary N) is 1. The van der Waals surface area contributed by atoms with Gasteiger partial charge in [0, 0.05) is 25.2 Å². The monoisotopic (exact) mass is 232 g/mol. The molecular weight excluding hydrogens is 212 g/mol. The molecule has 3 nitrogen and oxygen atoms in total. The van der Waals surface area contributed by atoms with E-state index in [1.165, 1.54) is 0 Å². The zero-order valence-electron chi connectivity index (χ0n) is 10.4. The van der Waals surface area contributed by atoms with Crippen molar-refractivity contribution in [2.75, 3.05) is 13.1 Å². The van der Waals surface area contributed by atoms with E-state index in [1.54, 1.807) is 11.0 Å². The number of hydrogen-bond donors (Lipinski definition) is 1. The van der Waals surface area contributed by atoms with E-state index in [1.807, 2.05) is 24.3 Å². The zero-order valence-corrected chi connectivity index (χ0v) is 10.4. The molecule has 92 valence electrons. The number of hydrogen-bond acceptors (Lipinski definition) is 2. The summed E-state index contributed by atoms with van der Waals surface area (Å²) in [6, 6.07) is 7.45. The molecule has 3 heteroatoms. The summed E-state index contributed by atoms with van der Waals surface area (Å²) in [6.07, 6.45) is 2.70. The van der Waals surface area contributed by atoms with E-state index in [-0.39, 0.29) is 5.91 Å². The van der Waals surface area contributed by atoms with Gasteiger partial charge in [-0.05, 0) is 24.1 Å². The molecule has 17 heavy (non-hydrogen) atoms. The number of amides is 1. The minimum Gasteiger partial charge on any atom is -0.335 e. The van der Waals surface area contributed by atoms with E-state index in [9.17, 15) is 4.79 Å². The van der Waals surface area contributed by atoms with Gasteiger partial charge in [-0.3, -0.25) is 4.79 Å². The average molecular weight is 232 g/mol. The fourth-order valence-corrected chi connectivity index (χ4v) is 1.67. The summed E-state index contributed by atoms with van der Waals surface area (Å²) in [7, 11) is 0. The third-order valence-electron chi connectivity index (χ3n) is 2.57. The second-order valence-corrected chi connectivity index (χ2v) is 3.94. The van der Waals surface area contributed by atoms with Crippen LogP contribution < -0.4 is 5.73 Å². The van der Waals surface area contributed by atoms with Crippen LogP contribution in [-0.4, -0.2) is 23.9 Å². The van der Waals surface area contributed by atoms with Crippen LogP contribution in [-0.2, 0) is 6.54 Å². The molecule has 0 atom stereocenters. The fourth-order valence-electron chi connectivity index (χ4n) is 1.67. The quantitative estimate of drug-likeness (QED) is 0.764. The summed E-state index contributed by atoms with van der Waals surface area (Å²) >= 11 is 0. The van der Waals surface area contributed by atoms with E-state index in [0.717, 1.165) is 18.5 Å². The molecule has 0 spiro atoms. The van der Waals surface area contributed by atoms with Crippen molar-refractivity contribution in [2.24, 2.45) is 5.73 Å². The van der Waals surface area contributed by atoms with Gasteiger partial charge in [-0.1, -0.05) is 25.1 Å². The molecule has 0 saturated carbocycles. The highest BCUT2D eigenvalue weighted by Gasteiger charge is 2.13. The molecule has 0 unspecified atom stereocenters. The van der Waals surface area contributed by atoms with Crippen molar-refractivity contribution in [3.63, 3.8) is 0 Å². The summed E-state index contributed by atoms with van der Waals surface area (Å²) in [5.74, 6) is 0.0512. The molecule has 1 aromatic carbocycles. The maximum absolute atomic E-state index is 12.2. The van der Waals surface area contributed by atoms with Gasteiger partial charge < -0.3 is 10.6 Å². The third-order valence-corrected chi connectivity index (χ3v) is 2.57. The zero-order chi connectivity index (χ0) is 12.7. The molecule has 1 aromatic rings. The minimum absolute atomic E-state index is 0.0512. The van der Waals surface area contributed by atoms with Gasteiger partial charge in [-0.2, -0.15) is 0 Å². The SMILES string of the molecule is C=CCN(CCC)C(=O)c1ccc(CN)cc1. The molecule has 2 N–H and O–H groups in total. The molecule has 0 aliphatic carbocycles. The van der Waals surface area contributed by atoms with Crippen molar-refractivity contribution in [1.82, 2.24) is 4.90 Å². The van der Waals surface area contributed by atoms with Crippen molar-refractivity contribution in [1.29, 1.82) is 0 Å². The van der Waals surface area contributed by atoms with Crippen molar-refractivity contribution in [2.45, 2.75) is 19.9 Å². The normalized spacial score (nSPS) is 10.0. The lowest BCUT2D eigenvalue weighted by Crippen LogP contribution is -2.31. The molecule has 0 aliphatic rings. The molecule has 0 saturated heterocycles. The van der Waals surface area contributed by atoms with Crippen molar-refractivity contribution in [3.8, 4) is 0 Å². The van der Waals surface area contributed by atoms with E-state index < -0.39 is 0 Å². The van der Waals surface area contributed by atoms with Gasteiger partial charge in [0.15, 0.2) is 0 Å². The molecule has 0 radical (unpaired) electrons. The Morgan fingerprint density at radius 1 is 1.41 bits per heavy atom. The van der Waals surface area contributed by atoms with Crippen LogP contribution >= 0.6 is 0 Å². The van der Waals surface area contributed by atoms with E-state index >= 15 is 0 Å². The first-order valence-electron chi connectivity index (χ1n) is 5.92. The highest BCUT2D eigenvalue weighted by Crippen LogP contribution is 2.08. The molecule has 0 aromatic heterocycles. The van der Waals surface area contributed by atoms with Crippen LogP contribution in [0.15, 0.2) is 36.9 Å². The number of carbonyl (C=O) groups is 1. The van der Waals surface area contributed by atoms with E-state index in [4.69, 9.17) is 5.73 Å². The smallest absolute Gasteiger partial charge is 0.254 e. The van der Waals surface area contributed by atoms with Crippen LogP contribution in [0.5, 0.6) is 0 Å². The van der Waals surface area contributed by atoms with Crippen molar-refractivity contribution < 1.29 is 4.79 Å². The summed E-state index contributed by atoms with van der Waals surface area (Å²) in [6.45, 7) is 7.57. The van der Waals surface area contributed by atoms with Crippen LogP contribution in [0.4, 0.5) is 0 Å². The summed E-state index contributed by atoms with van der Waals surface area (Å²) in [4.78, 5) is 14.0. The highest BCUT2D eigenvalue weighted by molar-refractivity contribution is 5.94. The Labute approximate surface area is 103 Å². The van der Waals surface area contributed by atoms with Gasteiger partial charge >= 0.3 is 0 Å². The van der Waals surface area contributed by atoms with E-state index in [2.05, 4.69) is 13.5 Å². The molecule has 0 fully saturated rings. The lowest BCUT2D eigenvalue weighted by molar-refractivity contribution is 0.0774. The van der Waals surface area contributed by atoms with Gasteiger partial charge in [-0.25, -0.2) is 0 Å². The van der Waals surface area contributed by atoms with Gasteiger partial charge in [-0.15, -0.1) is 6.58 Å². The average Bonchev–Trinajstić information content (AvgIpc) is 2.38. The van der Waals surface area contributed by atoms with Gasteiger partial charge in [0.25, 0.3) is 5.91 Å². The van der Waals surface area contributed by atoms with Crippen molar-refractivity contribution >= 4 is 5.91 Å². The minimum atomic E-state index is 0.0512. The Hall–Kier alpha value is -1.61. The first-order valence-corrected chi connectivity index (χ1v) is 5.92. The van der Waals surface area contributed by atoms with Crippen LogP contribution in [0.25, 0.3) is 0 Å². The van der Waals surface area contributed by atoms with Crippen LogP contribution in [0.3, 0.4) is 0 Å². The molecule has 0 aliphatic heterocycles. The number of carbonyl (C=O) groups excluding carboxylic acids is 1. The Morgan fingerprint density at radius 2 is 2.06 bits per heavy atom. The molecule has 0 heterocycles. The molecule has 1 amide bonds. The van der Waals surface area contributed by atoms with Gasteiger partial charge in [0.1, 0.15) is 0 Å². The topological polar surface area (TPSA) is 46.3 Å². The summed E-state index contributed by atoms with van der Waals surface area (Å²) in [5, 5.41) is 0. The highest BCUT2D eigenvalue weighted by atomic mass is 16.2. The van der Waals surface area contributed by atoms with Crippen LogP contribution in [0, 0.1) is 0 Å². The molecule has 1 rings (SSSR count). The first-order chi connectivity index (χ1) is 8.22.